The van der Waals surface area contributed by atoms with E-state index in [1.807, 2.05) is 67.3 Å². The number of aromatic nitrogens is 7. The third kappa shape index (κ3) is 4.78. The largest absolute Gasteiger partial charge is 0.481 e. The van der Waals surface area contributed by atoms with E-state index in [1.54, 1.807) is 19.5 Å². The number of methoxy groups -OCH3 is 1. The standard InChI is InChI=1S/C28H29N9O2/c1-4-20-27(30-13-12-29-20)21-16-23(39-35-21)22-11-8-14-36(22)28-31-24(17-26(32-28)38-3)37(19-9-6-5-7-10-19)25-15-18(2)33-34-25/h5-7,9-10,12-13,15-17,22H,4,8,11,14H2,1-3H3,(H,33,34)/t22-/m0/s1. The number of H-pyrrole nitrogens is 1. The summed E-state index contributed by atoms with van der Waals surface area (Å²) in [5.41, 5.74) is 4.17. The van der Waals surface area contributed by atoms with Crippen molar-refractivity contribution in [2.45, 2.75) is 39.2 Å². The van der Waals surface area contributed by atoms with Gasteiger partial charge >= 0.3 is 0 Å². The second-order valence-corrected chi connectivity index (χ2v) is 9.32. The maximum absolute atomic E-state index is 5.86. The molecule has 5 heterocycles. The monoisotopic (exact) mass is 523 g/mol. The number of ether oxygens (including phenoxy) is 1. The number of nitrogens with one attached hydrogen (secondary N) is 1. The van der Waals surface area contributed by atoms with E-state index in [0.717, 1.165) is 60.2 Å². The van der Waals surface area contributed by atoms with Crippen molar-refractivity contribution in [3.63, 3.8) is 0 Å². The summed E-state index contributed by atoms with van der Waals surface area (Å²) in [6, 6.07) is 15.7. The first kappa shape index (κ1) is 24.5. The van der Waals surface area contributed by atoms with Crippen LogP contribution < -0.4 is 14.5 Å². The van der Waals surface area contributed by atoms with E-state index in [9.17, 15) is 0 Å². The molecule has 0 spiro atoms. The third-order valence-electron chi connectivity index (χ3n) is 6.77. The molecule has 1 saturated heterocycles. The molecule has 1 aliphatic heterocycles. The summed E-state index contributed by atoms with van der Waals surface area (Å²) in [7, 11) is 1.61. The number of benzene rings is 1. The molecule has 11 nitrogen and oxygen atoms in total. The quantitative estimate of drug-likeness (QED) is 0.285. The highest BCUT2D eigenvalue weighted by Crippen LogP contribution is 2.39. The van der Waals surface area contributed by atoms with Crippen LogP contribution in [-0.4, -0.2) is 48.9 Å². The van der Waals surface area contributed by atoms with Gasteiger partial charge in [-0.2, -0.15) is 15.1 Å². The molecule has 11 heteroatoms. The van der Waals surface area contributed by atoms with E-state index in [2.05, 4.69) is 30.2 Å². The van der Waals surface area contributed by atoms with Gasteiger partial charge in [-0.1, -0.05) is 30.3 Å². The van der Waals surface area contributed by atoms with E-state index >= 15 is 0 Å². The van der Waals surface area contributed by atoms with Crippen LogP contribution in [0.1, 0.15) is 43.0 Å². The van der Waals surface area contributed by atoms with E-state index in [0.29, 0.717) is 23.3 Å². The smallest absolute Gasteiger partial charge is 0.231 e. The lowest BCUT2D eigenvalue weighted by Crippen LogP contribution is -2.25. The van der Waals surface area contributed by atoms with Crippen molar-refractivity contribution >= 4 is 23.3 Å². The lowest BCUT2D eigenvalue weighted by molar-refractivity contribution is 0.361. The third-order valence-corrected chi connectivity index (χ3v) is 6.77. The normalized spacial score (nSPS) is 15.1. The number of hydrogen-bond acceptors (Lipinski definition) is 10. The Balaban J connectivity index is 1.38. The molecule has 1 N–H and O–H groups in total. The van der Waals surface area contributed by atoms with Gasteiger partial charge in [0.25, 0.3) is 0 Å². The predicted octanol–water partition coefficient (Wildman–Crippen LogP) is 5.34. The zero-order chi connectivity index (χ0) is 26.8. The highest BCUT2D eigenvalue weighted by Gasteiger charge is 2.33. The molecule has 0 bridgehead atoms. The number of aryl methyl sites for hydroxylation is 2. The van der Waals surface area contributed by atoms with Crippen molar-refractivity contribution in [2.75, 3.05) is 23.5 Å². The highest BCUT2D eigenvalue weighted by atomic mass is 16.5. The molecule has 0 aliphatic carbocycles. The van der Waals surface area contributed by atoms with Crippen LogP contribution in [0.25, 0.3) is 11.4 Å². The second kappa shape index (κ2) is 10.5. The molecule has 39 heavy (non-hydrogen) atoms. The lowest BCUT2D eigenvalue weighted by atomic mass is 10.1. The van der Waals surface area contributed by atoms with Crippen molar-refractivity contribution in [3.8, 4) is 17.3 Å². The zero-order valence-electron chi connectivity index (χ0n) is 22.1. The Hall–Kier alpha value is -4.80. The van der Waals surface area contributed by atoms with E-state index < -0.39 is 0 Å². The first-order valence-electron chi connectivity index (χ1n) is 13.0. The molecule has 4 aromatic heterocycles. The van der Waals surface area contributed by atoms with Crippen molar-refractivity contribution in [3.05, 3.63) is 78.1 Å². The summed E-state index contributed by atoms with van der Waals surface area (Å²) in [5.74, 6) is 3.11. The van der Waals surface area contributed by atoms with Crippen molar-refractivity contribution < 1.29 is 9.26 Å². The summed E-state index contributed by atoms with van der Waals surface area (Å²) in [4.78, 5) is 22.8. The Morgan fingerprint density at radius 1 is 1.08 bits per heavy atom. The topological polar surface area (TPSA) is 122 Å². The fraction of sp³-hybridized carbons (Fsp3) is 0.286. The minimum absolute atomic E-state index is 0.0780. The molecule has 1 aromatic carbocycles. The first-order chi connectivity index (χ1) is 19.1. The highest BCUT2D eigenvalue weighted by molar-refractivity contribution is 5.73. The van der Waals surface area contributed by atoms with Gasteiger partial charge in [0.15, 0.2) is 11.6 Å². The number of para-hydroxylation sites is 1. The van der Waals surface area contributed by atoms with Crippen LogP contribution in [0, 0.1) is 6.92 Å². The zero-order valence-corrected chi connectivity index (χ0v) is 22.1. The lowest BCUT2D eigenvalue weighted by Gasteiger charge is -2.26. The molecule has 0 unspecified atom stereocenters. The van der Waals surface area contributed by atoms with Crippen LogP contribution in [-0.2, 0) is 6.42 Å². The summed E-state index contributed by atoms with van der Waals surface area (Å²) in [6.45, 7) is 4.79. The summed E-state index contributed by atoms with van der Waals surface area (Å²) in [6.07, 6.45) is 5.97. The van der Waals surface area contributed by atoms with Crippen LogP contribution in [0.5, 0.6) is 5.88 Å². The number of rotatable bonds is 8. The van der Waals surface area contributed by atoms with Crippen LogP contribution in [0.2, 0.25) is 0 Å². The molecule has 0 saturated carbocycles. The van der Waals surface area contributed by atoms with Gasteiger partial charge in [0.2, 0.25) is 11.8 Å². The van der Waals surface area contributed by atoms with Gasteiger partial charge in [0.1, 0.15) is 17.2 Å². The number of aromatic amines is 1. The molecule has 1 fully saturated rings. The van der Waals surface area contributed by atoms with Gasteiger partial charge < -0.3 is 14.2 Å². The van der Waals surface area contributed by atoms with Gasteiger partial charge in [-0.25, -0.2) is 0 Å². The molecule has 1 aliphatic rings. The second-order valence-electron chi connectivity index (χ2n) is 9.32. The average molecular weight is 524 g/mol. The van der Waals surface area contributed by atoms with Crippen LogP contribution in [0.3, 0.4) is 0 Å². The average Bonchev–Trinajstić information content (AvgIpc) is 3.75. The van der Waals surface area contributed by atoms with Gasteiger partial charge in [0.05, 0.1) is 18.8 Å². The molecule has 0 radical (unpaired) electrons. The van der Waals surface area contributed by atoms with Gasteiger partial charge in [-0.3, -0.25) is 20.0 Å². The Kier molecular flexibility index (Phi) is 6.62. The molecule has 0 amide bonds. The fourth-order valence-corrected chi connectivity index (χ4v) is 4.93. The Morgan fingerprint density at radius 2 is 1.92 bits per heavy atom. The van der Waals surface area contributed by atoms with Crippen molar-refractivity contribution in [1.82, 2.24) is 35.3 Å². The molecular formula is C28H29N9O2. The number of anilines is 4. The molecule has 5 aromatic rings. The van der Waals surface area contributed by atoms with E-state index in [-0.39, 0.29) is 6.04 Å². The summed E-state index contributed by atoms with van der Waals surface area (Å²) < 4.78 is 11.5. The molecule has 1 atom stereocenters. The molecule has 198 valence electrons. The van der Waals surface area contributed by atoms with Gasteiger partial charge in [-0.15, -0.1) is 0 Å². The minimum Gasteiger partial charge on any atom is -0.481 e. The van der Waals surface area contributed by atoms with Crippen LogP contribution in [0.4, 0.5) is 23.3 Å². The van der Waals surface area contributed by atoms with Crippen molar-refractivity contribution in [1.29, 1.82) is 0 Å². The Morgan fingerprint density at radius 3 is 2.69 bits per heavy atom. The number of hydrogen-bond donors (Lipinski definition) is 1. The summed E-state index contributed by atoms with van der Waals surface area (Å²) >= 11 is 0. The van der Waals surface area contributed by atoms with E-state index in [1.165, 1.54) is 0 Å². The van der Waals surface area contributed by atoms with Gasteiger partial charge in [-0.05, 0) is 38.3 Å². The van der Waals surface area contributed by atoms with Gasteiger partial charge in [0, 0.05) is 48.5 Å². The maximum atomic E-state index is 5.86. The van der Waals surface area contributed by atoms with Crippen molar-refractivity contribution in [2.24, 2.45) is 0 Å². The fourth-order valence-electron chi connectivity index (χ4n) is 4.93. The molecular weight excluding hydrogens is 494 g/mol. The Labute approximate surface area is 225 Å². The molecule has 6 rings (SSSR count). The predicted molar refractivity (Wildman–Crippen MR) is 146 cm³/mol. The Bertz CT molecular complexity index is 1570. The summed E-state index contributed by atoms with van der Waals surface area (Å²) in [5, 5.41) is 11.9. The van der Waals surface area contributed by atoms with Crippen LogP contribution in [0.15, 0.2) is 65.4 Å². The maximum Gasteiger partial charge on any atom is 0.231 e. The first-order valence-corrected chi connectivity index (χ1v) is 13.0. The number of nitrogens with zero attached hydrogens (tertiary/aromatic N) is 8. The van der Waals surface area contributed by atoms with Crippen LogP contribution >= 0.6 is 0 Å². The van der Waals surface area contributed by atoms with E-state index in [4.69, 9.17) is 19.2 Å². The minimum atomic E-state index is -0.0780. The SMILES string of the molecule is CCc1nccnc1-c1cc([C@@H]2CCCN2c2nc(OC)cc(N(c3ccccc3)c3cc(C)[nH]n3)n2)on1.